The van der Waals surface area contributed by atoms with Gasteiger partial charge in [-0.3, -0.25) is 0 Å². The summed E-state index contributed by atoms with van der Waals surface area (Å²) in [5.41, 5.74) is 0.974. The second kappa shape index (κ2) is 4.87. The smallest absolute Gasteiger partial charge is 0.0922 e. The minimum Gasteiger partial charge on any atom is -0.387 e. The molecule has 1 aromatic rings. The van der Waals surface area contributed by atoms with Crippen LogP contribution in [0.15, 0.2) is 16.8 Å². The van der Waals surface area contributed by atoms with E-state index < -0.39 is 6.10 Å². The van der Waals surface area contributed by atoms with Crippen LogP contribution >= 0.6 is 24.0 Å². The van der Waals surface area contributed by atoms with Crippen molar-refractivity contribution >= 4 is 24.0 Å². The van der Waals surface area contributed by atoms with Gasteiger partial charge in [0, 0.05) is 11.9 Å². The fourth-order valence-electron chi connectivity index (χ4n) is 0.865. The molecule has 0 fully saturated rings. The van der Waals surface area contributed by atoms with Gasteiger partial charge in [0.25, 0.3) is 0 Å². The summed E-state index contributed by atoms with van der Waals surface area (Å²) in [5, 5.41) is 16.7. The van der Waals surface area contributed by atoms with Crippen molar-refractivity contribution in [3.8, 4) is 0 Å². The molecule has 0 aliphatic heterocycles. The van der Waals surface area contributed by atoms with Gasteiger partial charge in [-0.25, -0.2) is 0 Å². The fourth-order valence-corrected chi connectivity index (χ4v) is 1.68. The standard InChI is InChI=1S/C8H13NOS2/c1-6(11)9-4-8(10)7-2-3-12-5-7/h2-3,5-6,8-11H,4H2,1H3. The first-order valence-electron chi connectivity index (χ1n) is 3.81. The first kappa shape index (κ1) is 10.1. The number of hydrogen-bond acceptors (Lipinski definition) is 4. The van der Waals surface area contributed by atoms with Crippen LogP contribution in [0.25, 0.3) is 0 Å². The van der Waals surface area contributed by atoms with E-state index >= 15 is 0 Å². The molecule has 0 bridgehead atoms. The first-order chi connectivity index (χ1) is 5.70. The maximum atomic E-state index is 9.57. The number of nitrogens with one attached hydrogen (secondary N) is 1. The number of rotatable bonds is 4. The minimum atomic E-state index is -0.411. The molecule has 0 saturated heterocycles. The van der Waals surface area contributed by atoms with Crippen molar-refractivity contribution in [3.63, 3.8) is 0 Å². The van der Waals surface area contributed by atoms with Crippen LogP contribution in [0, 0.1) is 0 Å². The molecule has 0 radical (unpaired) electrons. The highest BCUT2D eigenvalue weighted by Gasteiger charge is 2.07. The lowest BCUT2D eigenvalue weighted by Crippen LogP contribution is -2.26. The maximum absolute atomic E-state index is 9.57. The predicted molar refractivity (Wildman–Crippen MR) is 55.7 cm³/mol. The summed E-state index contributed by atoms with van der Waals surface area (Å²) >= 11 is 5.75. The maximum Gasteiger partial charge on any atom is 0.0922 e. The number of hydrogen-bond donors (Lipinski definition) is 3. The lowest BCUT2D eigenvalue weighted by Gasteiger charge is -2.11. The summed E-state index contributed by atoms with van der Waals surface area (Å²) in [6, 6.07) is 1.93. The van der Waals surface area contributed by atoms with Crippen LogP contribution < -0.4 is 5.32 Å². The van der Waals surface area contributed by atoms with Gasteiger partial charge >= 0.3 is 0 Å². The van der Waals surface area contributed by atoms with Crippen molar-refractivity contribution in [2.75, 3.05) is 6.54 Å². The highest BCUT2D eigenvalue weighted by Crippen LogP contribution is 2.15. The normalized spacial score (nSPS) is 15.9. The van der Waals surface area contributed by atoms with Crippen LogP contribution in [0.5, 0.6) is 0 Å². The van der Waals surface area contributed by atoms with Gasteiger partial charge in [0.1, 0.15) is 0 Å². The van der Waals surface area contributed by atoms with E-state index in [-0.39, 0.29) is 5.37 Å². The molecule has 1 rings (SSSR count). The monoisotopic (exact) mass is 203 g/mol. The Labute approximate surface area is 82.0 Å². The average Bonchev–Trinajstić information content (AvgIpc) is 2.51. The van der Waals surface area contributed by atoms with E-state index in [0.29, 0.717) is 6.54 Å². The summed E-state index contributed by atoms with van der Waals surface area (Å²) in [6.45, 7) is 2.49. The highest BCUT2D eigenvalue weighted by molar-refractivity contribution is 7.80. The molecular formula is C8H13NOS2. The van der Waals surface area contributed by atoms with Crippen molar-refractivity contribution in [1.29, 1.82) is 0 Å². The van der Waals surface area contributed by atoms with Crippen LogP contribution in [0.1, 0.15) is 18.6 Å². The fraction of sp³-hybridized carbons (Fsp3) is 0.500. The van der Waals surface area contributed by atoms with E-state index in [0.717, 1.165) is 5.56 Å². The Kier molecular flexibility index (Phi) is 4.08. The Balaban J connectivity index is 2.34. The summed E-state index contributed by atoms with van der Waals surface area (Å²) in [7, 11) is 0. The number of aliphatic hydroxyl groups is 1. The minimum absolute atomic E-state index is 0.123. The van der Waals surface area contributed by atoms with Crippen LogP contribution in [-0.4, -0.2) is 17.0 Å². The van der Waals surface area contributed by atoms with Gasteiger partial charge < -0.3 is 10.4 Å². The molecule has 2 N–H and O–H groups in total. The summed E-state index contributed by atoms with van der Waals surface area (Å²) in [5.74, 6) is 0. The van der Waals surface area contributed by atoms with Gasteiger partial charge in [-0.2, -0.15) is 24.0 Å². The average molecular weight is 203 g/mol. The van der Waals surface area contributed by atoms with Crippen LogP contribution in [0.2, 0.25) is 0 Å². The van der Waals surface area contributed by atoms with Gasteiger partial charge in [-0.05, 0) is 29.3 Å². The van der Waals surface area contributed by atoms with E-state index in [9.17, 15) is 5.11 Å². The third-order valence-electron chi connectivity index (χ3n) is 1.53. The third kappa shape index (κ3) is 3.15. The van der Waals surface area contributed by atoms with Gasteiger partial charge in [0.2, 0.25) is 0 Å². The molecule has 0 amide bonds. The molecule has 4 heteroatoms. The molecule has 0 spiro atoms. The molecule has 2 nitrogen and oxygen atoms in total. The Bertz CT molecular complexity index is 211. The quantitative estimate of drug-likeness (QED) is 0.513. The lowest BCUT2D eigenvalue weighted by molar-refractivity contribution is 0.175. The number of thiophene rings is 1. The molecule has 0 saturated carbocycles. The number of aliphatic hydroxyl groups excluding tert-OH is 1. The van der Waals surface area contributed by atoms with Gasteiger partial charge in [-0.15, -0.1) is 0 Å². The Morgan fingerprint density at radius 3 is 3.00 bits per heavy atom. The van der Waals surface area contributed by atoms with Crippen LogP contribution in [-0.2, 0) is 0 Å². The van der Waals surface area contributed by atoms with E-state index in [1.165, 1.54) is 0 Å². The zero-order chi connectivity index (χ0) is 8.97. The zero-order valence-electron chi connectivity index (χ0n) is 6.90. The summed E-state index contributed by atoms with van der Waals surface area (Å²) in [4.78, 5) is 0. The summed E-state index contributed by atoms with van der Waals surface area (Å²) < 4.78 is 0. The third-order valence-corrected chi connectivity index (χ3v) is 2.42. The van der Waals surface area contributed by atoms with E-state index in [4.69, 9.17) is 0 Å². The van der Waals surface area contributed by atoms with E-state index in [2.05, 4.69) is 17.9 Å². The van der Waals surface area contributed by atoms with Crippen molar-refractivity contribution in [2.45, 2.75) is 18.4 Å². The van der Waals surface area contributed by atoms with Crippen LogP contribution in [0.3, 0.4) is 0 Å². The molecule has 2 unspecified atom stereocenters. The summed E-state index contributed by atoms with van der Waals surface area (Å²) in [6.07, 6.45) is -0.411. The molecule has 68 valence electrons. The predicted octanol–water partition coefficient (Wildman–Crippen LogP) is 1.65. The van der Waals surface area contributed by atoms with Crippen molar-refractivity contribution in [3.05, 3.63) is 22.4 Å². The van der Waals surface area contributed by atoms with Gasteiger partial charge in [0.05, 0.1) is 6.10 Å². The largest absolute Gasteiger partial charge is 0.387 e. The molecule has 2 atom stereocenters. The highest BCUT2D eigenvalue weighted by atomic mass is 32.1. The molecule has 0 aliphatic carbocycles. The van der Waals surface area contributed by atoms with Gasteiger partial charge in [-0.1, -0.05) is 0 Å². The molecule has 12 heavy (non-hydrogen) atoms. The van der Waals surface area contributed by atoms with Crippen LogP contribution in [0.4, 0.5) is 0 Å². The number of thiol groups is 1. The zero-order valence-corrected chi connectivity index (χ0v) is 8.61. The topological polar surface area (TPSA) is 32.3 Å². The second-order valence-electron chi connectivity index (χ2n) is 2.66. The van der Waals surface area contributed by atoms with E-state index in [1.54, 1.807) is 11.3 Å². The van der Waals surface area contributed by atoms with Crippen molar-refractivity contribution < 1.29 is 5.11 Å². The Hall–Kier alpha value is -0.0300. The SMILES string of the molecule is CC(S)NCC(O)c1ccsc1. The van der Waals surface area contributed by atoms with Gasteiger partial charge in [0.15, 0.2) is 0 Å². The van der Waals surface area contributed by atoms with E-state index in [1.807, 2.05) is 23.8 Å². The van der Waals surface area contributed by atoms with Crippen molar-refractivity contribution in [2.24, 2.45) is 0 Å². The molecular weight excluding hydrogens is 190 g/mol. The molecule has 1 aromatic heterocycles. The Morgan fingerprint density at radius 1 is 1.75 bits per heavy atom. The second-order valence-corrected chi connectivity index (χ2v) is 4.21. The first-order valence-corrected chi connectivity index (χ1v) is 5.27. The molecule has 0 aromatic carbocycles. The molecule has 1 heterocycles. The van der Waals surface area contributed by atoms with Crippen molar-refractivity contribution in [1.82, 2.24) is 5.32 Å². The lowest BCUT2D eigenvalue weighted by atomic mass is 10.2. The molecule has 0 aliphatic rings. The Morgan fingerprint density at radius 2 is 2.50 bits per heavy atom.